The molecule has 0 aliphatic heterocycles. The molecular weight excluding hydrogens is 322 g/mol. The first-order chi connectivity index (χ1) is 10.4. The first kappa shape index (κ1) is 16.1. The fourth-order valence-corrected chi connectivity index (χ4v) is 3.71. The molecule has 0 aliphatic carbocycles. The van der Waals surface area contributed by atoms with Gasteiger partial charge in [0.05, 0.1) is 28.6 Å². The van der Waals surface area contributed by atoms with Crippen molar-refractivity contribution in [1.29, 1.82) is 5.26 Å². The number of nitrogens with zero attached hydrogens (tertiary/aromatic N) is 2. The van der Waals surface area contributed by atoms with Crippen molar-refractivity contribution in [3.05, 3.63) is 51.5 Å². The number of carbonyl (C=O) groups excluding carboxylic acids is 1. The molecule has 0 radical (unpaired) electrons. The van der Waals surface area contributed by atoms with Gasteiger partial charge in [-0.1, -0.05) is 25.1 Å². The van der Waals surface area contributed by atoms with Gasteiger partial charge in [0.25, 0.3) is 5.91 Å². The number of benzene rings is 1. The van der Waals surface area contributed by atoms with E-state index in [2.05, 4.69) is 4.98 Å². The summed E-state index contributed by atoms with van der Waals surface area (Å²) in [5.74, 6) is -1.13. The van der Waals surface area contributed by atoms with Crippen molar-refractivity contribution in [2.75, 3.05) is 0 Å². The van der Waals surface area contributed by atoms with E-state index in [-0.39, 0.29) is 10.4 Å². The third-order valence-electron chi connectivity index (χ3n) is 2.81. The van der Waals surface area contributed by atoms with Crippen molar-refractivity contribution < 1.29 is 13.2 Å². The van der Waals surface area contributed by atoms with E-state index in [4.69, 9.17) is 5.26 Å². The van der Waals surface area contributed by atoms with E-state index >= 15 is 0 Å². The summed E-state index contributed by atoms with van der Waals surface area (Å²) in [6.07, 6.45) is 2.04. The molecule has 1 aromatic carbocycles. The van der Waals surface area contributed by atoms with Gasteiger partial charge in [0.1, 0.15) is 4.88 Å². The summed E-state index contributed by atoms with van der Waals surface area (Å²) in [6.45, 7) is 1.90. The summed E-state index contributed by atoms with van der Waals surface area (Å²) in [6, 6.07) is 8.30. The number of nitrogens with one attached hydrogen (secondary N) is 1. The summed E-state index contributed by atoms with van der Waals surface area (Å²) in [5.41, 5.74) is 0.621. The summed E-state index contributed by atoms with van der Waals surface area (Å²) in [5, 5.41) is 9.73. The molecule has 1 N–H and O–H groups in total. The second-order valence-corrected chi connectivity index (χ2v) is 7.27. The molecule has 0 atom stereocenters. The molecule has 1 heterocycles. The highest BCUT2D eigenvalue weighted by molar-refractivity contribution is 7.89. The molecule has 0 spiro atoms. The number of hydrogen-bond acceptors (Lipinski definition) is 6. The predicted molar refractivity (Wildman–Crippen MR) is 82.7 cm³/mol. The minimum Gasteiger partial charge on any atom is -0.267 e. The van der Waals surface area contributed by atoms with Gasteiger partial charge in [0.2, 0.25) is 10.0 Å². The number of amides is 1. The number of hydrogen-bond donors (Lipinski definition) is 1. The van der Waals surface area contributed by atoms with Crippen molar-refractivity contribution in [3.8, 4) is 6.07 Å². The molecule has 8 heteroatoms. The Morgan fingerprint density at radius 3 is 2.77 bits per heavy atom. The van der Waals surface area contributed by atoms with Crippen molar-refractivity contribution in [1.82, 2.24) is 9.71 Å². The van der Waals surface area contributed by atoms with Gasteiger partial charge < -0.3 is 0 Å². The van der Waals surface area contributed by atoms with E-state index in [1.54, 1.807) is 18.2 Å². The average Bonchev–Trinajstić information content (AvgIpc) is 2.96. The standard InChI is InChI=1S/C14H13N3O3S2/c1-2-13-16-8-12(21-13)14(18)17-22(19,20)9-11-6-4-3-5-10(11)7-15/h3-6,8H,2,9H2,1H3,(H,17,18). The lowest BCUT2D eigenvalue weighted by Crippen LogP contribution is -2.31. The molecule has 0 saturated carbocycles. The van der Waals surface area contributed by atoms with E-state index in [1.807, 2.05) is 17.7 Å². The summed E-state index contributed by atoms with van der Waals surface area (Å²) in [4.78, 5) is 16.2. The molecule has 1 amide bonds. The van der Waals surface area contributed by atoms with Crippen LogP contribution in [0.4, 0.5) is 0 Å². The zero-order valence-corrected chi connectivity index (χ0v) is 13.4. The molecule has 22 heavy (non-hydrogen) atoms. The van der Waals surface area contributed by atoms with Crippen LogP contribution in [-0.2, 0) is 22.2 Å². The van der Waals surface area contributed by atoms with E-state index in [0.717, 1.165) is 16.3 Å². The van der Waals surface area contributed by atoms with Crippen LogP contribution in [0.25, 0.3) is 0 Å². The third kappa shape index (κ3) is 3.90. The summed E-state index contributed by atoms with van der Waals surface area (Å²) < 4.78 is 26.1. The van der Waals surface area contributed by atoms with Crippen LogP contribution in [0.5, 0.6) is 0 Å². The first-order valence-corrected chi connectivity index (χ1v) is 8.89. The van der Waals surface area contributed by atoms with Gasteiger partial charge in [-0.15, -0.1) is 11.3 Å². The Bertz CT molecular complexity index is 835. The maximum Gasteiger partial charge on any atom is 0.276 e. The number of sulfonamides is 1. The van der Waals surface area contributed by atoms with Gasteiger partial charge >= 0.3 is 0 Å². The SMILES string of the molecule is CCc1ncc(C(=O)NS(=O)(=O)Cc2ccccc2C#N)s1. The number of carbonyl (C=O) groups is 1. The topological polar surface area (TPSA) is 99.9 Å². The van der Waals surface area contributed by atoms with Gasteiger partial charge in [-0.05, 0) is 18.1 Å². The zero-order valence-electron chi connectivity index (χ0n) is 11.7. The Labute approximate surface area is 132 Å². The number of aryl methyl sites for hydroxylation is 1. The van der Waals surface area contributed by atoms with Gasteiger partial charge in [-0.3, -0.25) is 4.79 Å². The van der Waals surface area contributed by atoms with Crippen molar-refractivity contribution in [3.63, 3.8) is 0 Å². The van der Waals surface area contributed by atoms with Crippen LogP contribution in [0.3, 0.4) is 0 Å². The maximum atomic E-state index is 12.1. The smallest absolute Gasteiger partial charge is 0.267 e. The number of rotatable bonds is 5. The number of thiazole rings is 1. The molecule has 0 bridgehead atoms. The number of nitriles is 1. The molecular formula is C14H13N3O3S2. The van der Waals surface area contributed by atoms with Crippen LogP contribution in [0, 0.1) is 11.3 Å². The Morgan fingerprint density at radius 2 is 2.14 bits per heavy atom. The molecule has 0 fully saturated rings. The minimum atomic E-state index is -3.88. The Balaban J connectivity index is 2.14. The second kappa shape index (κ2) is 6.68. The molecule has 2 rings (SSSR count). The number of aromatic nitrogens is 1. The minimum absolute atomic E-state index is 0.244. The highest BCUT2D eigenvalue weighted by Gasteiger charge is 2.19. The van der Waals surface area contributed by atoms with E-state index in [1.165, 1.54) is 12.3 Å². The lowest BCUT2D eigenvalue weighted by molar-refractivity contribution is 0.0985. The molecule has 6 nitrogen and oxygen atoms in total. The van der Waals surface area contributed by atoms with Crippen LogP contribution in [0.2, 0.25) is 0 Å². The van der Waals surface area contributed by atoms with Crippen LogP contribution < -0.4 is 4.72 Å². The third-order valence-corrected chi connectivity index (χ3v) is 5.14. The fourth-order valence-electron chi connectivity index (χ4n) is 1.77. The second-order valence-electron chi connectivity index (χ2n) is 4.43. The molecule has 0 aliphatic rings. The van der Waals surface area contributed by atoms with Gasteiger partial charge in [0, 0.05) is 0 Å². The lowest BCUT2D eigenvalue weighted by atomic mass is 10.1. The lowest BCUT2D eigenvalue weighted by Gasteiger charge is -2.06. The first-order valence-electron chi connectivity index (χ1n) is 6.42. The quantitative estimate of drug-likeness (QED) is 0.898. The monoisotopic (exact) mass is 335 g/mol. The Hall–Kier alpha value is -2.24. The van der Waals surface area contributed by atoms with Crippen molar-refractivity contribution >= 4 is 27.3 Å². The van der Waals surface area contributed by atoms with Crippen LogP contribution in [0.15, 0.2) is 30.5 Å². The van der Waals surface area contributed by atoms with Crippen LogP contribution >= 0.6 is 11.3 Å². The largest absolute Gasteiger partial charge is 0.276 e. The summed E-state index contributed by atoms with van der Waals surface area (Å²) in [7, 11) is -3.88. The van der Waals surface area contributed by atoms with Gasteiger partial charge in [0.15, 0.2) is 0 Å². The molecule has 114 valence electrons. The Morgan fingerprint density at radius 1 is 1.41 bits per heavy atom. The molecule has 0 unspecified atom stereocenters. The normalized spacial score (nSPS) is 10.9. The van der Waals surface area contributed by atoms with Crippen LogP contribution in [-0.4, -0.2) is 19.3 Å². The highest BCUT2D eigenvalue weighted by atomic mass is 32.2. The summed E-state index contributed by atoms with van der Waals surface area (Å²) >= 11 is 1.16. The van der Waals surface area contributed by atoms with Gasteiger partial charge in [-0.2, -0.15) is 5.26 Å². The van der Waals surface area contributed by atoms with E-state index < -0.39 is 21.7 Å². The fraction of sp³-hybridized carbons (Fsp3) is 0.214. The highest BCUT2D eigenvalue weighted by Crippen LogP contribution is 2.15. The van der Waals surface area contributed by atoms with E-state index in [0.29, 0.717) is 12.0 Å². The van der Waals surface area contributed by atoms with Gasteiger partial charge in [-0.25, -0.2) is 18.1 Å². The predicted octanol–water partition coefficient (Wildman–Crippen LogP) is 1.84. The van der Waals surface area contributed by atoms with Crippen molar-refractivity contribution in [2.24, 2.45) is 0 Å². The maximum absolute atomic E-state index is 12.1. The molecule has 0 saturated heterocycles. The Kier molecular flexibility index (Phi) is 4.90. The average molecular weight is 335 g/mol. The zero-order chi connectivity index (χ0) is 16.2. The van der Waals surface area contributed by atoms with E-state index in [9.17, 15) is 13.2 Å². The molecule has 2 aromatic rings. The van der Waals surface area contributed by atoms with Crippen LogP contribution in [0.1, 0.15) is 32.7 Å². The molecule has 1 aromatic heterocycles. The van der Waals surface area contributed by atoms with Crippen molar-refractivity contribution in [2.45, 2.75) is 19.1 Å².